The molecule has 1 aromatic carbocycles. The Morgan fingerprint density at radius 3 is 2.83 bits per heavy atom. The number of aromatic nitrogens is 3. The fourth-order valence-electron chi connectivity index (χ4n) is 2.92. The Hall–Kier alpha value is -2.85. The standard InChI is InChI=1S/C19H20F2N4O3S/c1-3-28-18(26)14-6-12(2)29-17(14)23-8-19(27,9-25-11-22-10-24-25)15-5-4-13(20)7-16(15)21/h4-7,10-11,23,27H,3,8-9H2,1-2H3. The summed E-state index contributed by atoms with van der Waals surface area (Å²) in [5, 5.41) is 18.8. The monoisotopic (exact) mass is 422 g/mol. The van der Waals surface area contributed by atoms with Crippen molar-refractivity contribution in [1.82, 2.24) is 14.8 Å². The maximum absolute atomic E-state index is 14.5. The molecule has 3 aromatic rings. The van der Waals surface area contributed by atoms with Gasteiger partial charge in [0.25, 0.3) is 0 Å². The van der Waals surface area contributed by atoms with Crippen molar-refractivity contribution < 1.29 is 23.4 Å². The first-order chi connectivity index (χ1) is 13.8. The molecule has 2 N–H and O–H groups in total. The molecule has 1 unspecified atom stereocenters. The van der Waals surface area contributed by atoms with Gasteiger partial charge in [-0.3, -0.25) is 0 Å². The average molecular weight is 422 g/mol. The lowest BCUT2D eigenvalue weighted by Crippen LogP contribution is -2.39. The van der Waals surface area contributed by atoms with Crippen LogP contribution in [0.3, 0.4) is 0 Å². The zero-order chi connectivity index (χ0) is 21.0. The van der Waals surface area contributed by atoms with Gasteiger partial charge in [-0.1, -0.05) is 6.07 Å². The smallest absolute Gasteiger partial charge is 0.341 e. The number of ether oxygens (including phenoxy) is 1. The van der Waals surface area contributed by atoms with Crippen molar-refractivity contribution in [2.24, 2.45) is 0 Å². The van der Waals surface area contributed by atoms with Crippen molar-refractivity contribution in [3.8, 4) is 0 Å². The van der Waals surface area contributed by atoms with Gasteiger partial charge >= 0.3 is 5.97 Å². The van der Waals surface area contributed by atoms with Crippen LogP contribution >= 0.6 is 11.3 Å². The Kier molecular flexibility index (Phi) is 6.23. The highest BCUT2D eigenvalue weighted by molar-refractivity contribution is 7.16. The highest BCUT2D eigenvalue weighted by atomic mass is 32.1. The van der Waals surface area contributed by atoms with E-state index in [-0.39, 0.29) is 25.3 Å². The summed E-state index contributed by atoms with van der Waals surface area (Å²) in [4.78, 5) is 16.9. The molecule has 1 atom stereocenters. The Morgan fingerprint density at radius 1 is 1.38 bits per heavy atom. The lowest BCUT2D eigenvalue weighted by Gasteiger charge is -2.29. The Morgan fingerprint density at radius 2 is 2.17 bits per heavy atom. The molecular formula is C19H20F2N4O3S. The molecule has 3 rings (SSSR count). The predicted molar refractivity (Wildman–Crippen MR) is 104 cm³/mol. The van der Waals surface area contributed by atoms with Gasteiger partial charge in [-0.2, -0.15) is 5.10 Å². The molecule has 2 aromatic heterocycles. The van der Waals surface area contributed by atoms with Crippen molar-refractivity contribution in [1.29, 1.82) is 0 Å². The first kappa shape index (κ1) is 20.9. The van der Waals surface area contributed by atoms with Crippen LogP contribution in [0.4, 0.5) is 13.8 Å². The molecule has 0 radical (unpaired) electrons. The number of anilines is 1. The molecule has 0 aliphatic carbocycles. The van der Waals surface area contributed by atoms with Gasteiger partial charge in [-0.15, -0.1) is 11.3 Å². The van der Waals surface area contributed by atoms with Crippen molar-refractivity contribution >= 4 is 22.3 Å². The molecule has 0 fully saturated rings. The molecule has 0 amide bonds. The van der Waals surface area contributed by atoms with E-state index >= 15 is 0 Å². The minimum Gasteiger partial charge on any atom is -0.462 e. The van der Waals surface area contributed by atoms with Crippen LogP contribution in [0.1, 0.15) is 27.7 Å². The molecule has 10 heteroatoms. The molecule has 2 heterocycles. The van der Waals surface area contributed by atoms with Gasteiger partial charge < -0.3 is 15.2 Å². The third kappa shape index (κ3) is 4.77. The van der Waals surface area contributed by atoms with E-state index in [2.05, 4.69) is 15.4 Å². The molecule has 0 saturated carbocycles. The van der Waals surface area contributed by atoms with Crippen LogP contribution < -0.4 is 5.32 Å². The van der Waals surface area contributed by atoms with Crippen LogP contribution in [0.15, 0.2) is 36.9 Å². The zero-order valence-corrected chi connectivity index (χ0v) is 16.7. The highest BCUT2D eigenvalue weighted by Crippen LogP contribution is 2.32. The number of halogens is 2. The third-order valence-electron chi connectivity index (χ3n) is 4.21. The van der Waals surface area contributed by atoms with E-state index in [4.69, 9.17) is 4.74 Å². The zero-order valence-electron chi connectivity index (χ0n) is 15.9. The molecule has 154 valence electrons. The number of nitrogens with zero attached hydrogens (tertiary/aromatic N) is 3. The maximum atomic E-state index is 14.5. The molecule has 29 heavy (non-hydrogen) atoms. The maximum Gasteiger partial charge on any atom is 0.341 e. The minimum atomic E-state index is -1.80. The van der Waals surface area contributed by atoms with Crippen molar-refractivity contribution in [2.45, 2.75) is 26.0 Å². The second-order valence-corrected chi connectivity index (χ2v) is 7.68. The number of hydrogen-bond donors (Lipinski definition) is 2. The van der Waals surface area contributed by atoms with Gasteiger partial charge in [-0.25, -0.2) is 23.2 Å². The quantitative estimate of drug-likeness (QED) is 0.543. The number of hydrogen-bond acceptors (Lipinski definition) is 7. The van der Waals surface area contributed by atoms with Crippen LogP contribution in [-0.2, 0) is 16.9 Å². The first-order valence-electron chi connectivity index (χ1n) is 8.84. The topological polar surface area (TPSA) is 89.3 Å². The molecule has 0 spiro atoms. The molecular weight excluding hydrogens is 402 g/mol. The van der Waals surface area contributed by atoms with Crippen molar-refractivity contribution in [3.63, 3.8) is 0 Å². The van der Waals surface area contributed by atoms with Crippen LogP contribution in [0.2, 0.25) is 0 Å². The van der Waals surface area contributed by atoms with Gasteiger partial charge in [0.15, 0.2) is 0 Å². The molecule has 0 saturated heterocycles. The van der Waals surface area contributed by atoms with Crippen molar-refractivity contribution in [3.05, 3.63) is 64.6 Å². The lowest BCUT2D eigenvalue weighted by atomic mass is 9.93. The fraction of sp³-hybridized carbons (Fsp3) is 0.316. The number of carbonyl (C=O) groups is 1. The number of aryl methyl sites for hydroxylation is 1. The Balaban J connectivity index is 1.91. The summed E-state index contributed by atoms with van der Waals surface area (Å²) in [5.74, 6) is -2.13. The summed E-state index contributed by atoms with van der Waals surface area (Å²) in [6, 6.07) is 4.65. The minimum absolute atomic E-state index is 0.104. The van der Waals surface area contributed by atoms with Crippen LogP contribution in [-0.4, -0.2) is 39.0 Å². The predicted octanol–water partition coefficient (Wildman–Crippen LogP) is 3.10. The Labute approximate surface area is 170 Å². The van der Waals surface area contributed by atoms with Crippen LogP contribution in [0.5, 0.6) is 0 Å². The number of carbonyl (C=O) groups excluding carboxylic acids is 1. The van der Waals surface area contributed by atoms with Gasteiger partial charge in [0.1, 0.15) is 34.9 Å². The van der Waals surface area contributed by atoms with E-state index in [9.17, 15) is 18.7 Å². The van der Waals surface area contributed by atoms with Gasteiger partial charge in [0.2, 0.25) is 0 Å². The van der Waals surface area contributed by atoms with Crippen LogP contribution in [0, 0.1) is 18.6 Å². The summed E-state index contributed by atoms with van der Waals surface area (Å²) < 4.78 is 34.2. The SMILES string of the molecule is CCOC(=O)c1cc(C)sc1NCC(O)(Cn1cncn1)c1ccc(F)cc1F. The summed E-state index contributed by atoms with van der Waals surface area (Å²) in [6.45, 7) is 3.46. The summed E-state index contributed by atoms with van der Waals surface area (Å²) >= 11 is 1.31. The van der Waals surface area contributed by atoms with E-state index in [0.29, 0.717) is 16.6 Å². The summed E-state index contributed by atoms with van der Waals surface area (Å²) in [7, 11) is 0. The first-order valence-corrected chi connectivity index (χ1v) is 9.66. The normalized spacial score (nSPS) is 13.1. The molecule has 0 aliphatic heterocycles. The van der Waals surface area contributed by atoms with E-state index in [1.165, 1.54) is 34.7 Å². The van der Waals surface area contributed by atoms with Gasteiger partial charge in [-0.05, 0) is 26.0 Å². The fourth-order valence-corrected chi connectivity index (χ4v) is 3.81. The largest absolute Gasteiger partial charge is 0.462 e. The van der Waals surface area contributed by atoms with E-state index in [0.717, 1.165) is 10.9 Å². The lowest BCUT2D eigenvalue weighted by molar-refractivity contribution is 0.0246. The van der Waals surface area contributed by atoms with E-state index < -0.39 is 23.2 Å². The van der Waals surface area contributed by atoms with Crippen molar-refractivity contribution in [2.75, 3.05) is 18.5 Å². The van der Waals surface area contributed by atoms with E-state index in [1.807, 2.05) is 6.92 Å². The number of nitrogens with one attached hydrogen (secondary N) is 1. The highest BCUT2D eigenvalue weighted by Gasteiger charge is 2.34. The number of thiophene rings is 1. The molecule has 7 nitrogen and oxygen atoms in total. The Bertz CT molecular complexity index is 994. The van der Waals surface area contributed by atoms with E-state index in [1.54, 1.807) is 13.0 Å². The van der Waals surface area contributed by atoms with Crippen LogP contribution in [0.25, 0.3) is 0 Å². The molecule has 0 aliphatic rings. The summed E-state index contributed by atoms with van der Waals surface area (Å²) in [5.41, 5.74) is -1.57. The number of rotatable bonds is 8. The third-order valence-corrected chi connectivity index (χ3v) is 5.22. The van der Waals surface area contributed by atoms with Gasteiger partial charge in [0, 0.05) is 16.5 Å². The number of esters is 1. The number of aliphatic hydroxyl groups is 1. The second kappa shape index (κ2) is 8.66. The van der Waals surface area contributed by atoms with Gasteiger partial charge in [0.05, 0.1) is 25.3 Å². The second-order valence-electron chi connectivity index (χ2n) is 6.42. The average Bonchev–Trinajstić information content (AvgIpc) is 3.29. The molecule has 0 bridgehead atoms. The summed E-state index contributed by atoms with van der Waals surface area (Å²) in [6.07, 6.45) is 2.67. The number of benzene rings is 1.